The van der Waals surface area contributed by atoms with Gasteiger partial charge >= 0.3 is 0 Å². The van der Waals surface area contributed by atoms with Crippen molar-refractivity contribution in [3.8, 4) is 0 Å². The summed E-state index contributed by atoms with van der Waals surface area (Å²) in [5, 5.41) is 9.10. The first-order chi connectivity index (χ1) is 7.09. The lowest BCUT2D eigenvalue weighted by Crippen LogP contribution is -2.40. The minimum atomic E-state index is 0.172. The second kappa shape index (κ2) is 3.53. The zero-order valence-corrected chi connectivity index (χ0v) is 9.70. The maximum atomic E-state index is 9.10. The van der Waals surface area contributed by atoms with E-state index in [2.05, 4.69) is 49.9 Å². The lowest BCUT2D eigenvalue weighted by atomic mass is 9.81. The molecule has 1 heterocycles. The van der Waals surface area contributed by atoms with Crippen LogP contribution in [0, 0.1) is 0 Å². The number of hydrogen-bond acceptors (Lipinski definition) is 2. The van der Waals surface area contributed by atoms with Gasteiger partial charge in [-0.3, -0.25) is 0 Å². The number of β-amino-alcohol motifs (C(OH)–C–C–N with tert-alkyl or cyclic N) is 1. The van der Waals surface area contributed by atoms with E-state index in [-0.39, 0.29) is 12.0 Å². The average Bonchev–Trinajstić information content (AvgIpc) is 2.42. The van der Waals surface area contributed by atoms with Gasteiger partial charge in [0.05, 0.1) is 6.61 Å². The smallest absolute Gasteiger partial charge is 0.0606 e. The Morgan fingerprint density at radius 2 is 2.00 bits per heavy atom. The Bertz CT molecular complexity index is 359. The van der Waals surface area contributed by atoms with Crippen molar-refractivity contribution in [2.75, 3.05) is 18.1 Å². The molecule has 0 radical (unpaired) electrons. The molecule has 1 atom stereocenters. The van der Waals surface area contributed by atoms with Crippen molar-refractivity contribution in [2.45, 2.75) is 32.2 Å². The fourth-order valence-electron chi connectivity index (χ4n) is 2.51. The molecular weight excluding hydrogens is 186 g/mol. The normalized spacial score (nSPS) is 22.9. The van der Waals surface area contributed by atoms with Crippen molar-refractivity contribution in [3.63, 3.8) is 0 Å². The standard InChI is InChI=1S/C13H19NO/c1-10-13(2,3)11-6-4-5-7-12(11)14(10)8-9-15/h4-7,10,15H,8-9H2,1-3H3. The number of benzene rings is 1. The topological polar surface area (TPSA) is 23.5 Å². The summed E-state index contributed by atoms with van der Waals surface area (Å²) >= 11 is 0. The molecule has 0 aromatic heterocycles. The van der Waals surface area contributed by atoms with Gasteiger partial charge in [-0.15, -0.1) is 0 Å². The summed E-state index contributed by atoms with van der Waals surface area (Å²) < 4.78 is 0. The van der Waals surface area contributed by atoms with E-state index >= 15 is 0 Å². The third-order valence-corrected chi connectivity index (χ3v) is 3.76. The predicted octanol–water partition coefficient (Wildman–Crippen LogP) is 2.17. The molecule has 0 fully saturated rings. The molecule has 1 N–H and O–H groups in total. The zero-order chi connectivity index (χ0) is 11.1. The van der Waals surface area contributed by atoms with Crippen LogP contribution in [0.25, 0.3) is 0 Å². The zero-order valence-electron chi connectivity index (χ0n) is 9.70. The lowest BCUT2D eigenvalue weighted by Gasteiger charge is -2.31. The van der Waals surface area contributed by atoms with Gasteiger partial charge in [-0.05, 0) is 18.6 Å². The van der Waals surface area contributed by atoms with Crippen LogP contribution in [-0.4, -0.2) is 24.3 Å². The minimum Gasteiger partial charge on any atom is -0.395 e. The van der Waals surface area contributed by atoms with Crippen LogP contribution in [0.4, 0.5) is 5.69 Å². The Hall–Kier alpha value is -1.02. The van der Waals surface area contributed by atoms with E-state index < -0.39 is 0 Å². The van der Waals surface area contributed by atoms with Crippen LogP contribution in [0.1, 0.15) is 26.3 Å². The van der Waals surface area contributed by atoms with E-state index in [1.54, 1.807) is 0 Å². The van der Waals surface area contributed by atoms with E-state index in [4.69, 9.17) is 5.11 Å². The highest BCUT2D eigenvalue weighted by molar-refractivity contribution is 5.63. The molecule has 0 aliphatic carbocycles. The molecule has 1 aliphatic heterocycles. The first-order valence-corrected chi connectivity index (χ1v) is 5.56. The maximum Gasteiger partial charge on any atom is 0.0606 e. The number of anilines is 1. The minimum absolute atomic E-state index is 0.172. The molecular formula is C13H19NO. The van der Waals surface area contributed by atoms with Gasteiger partial charge in [0.25, 0.3) is 0 Å². The van der Waals surface area contributed by atoms with E-state index in [9.17, 15) is 0 Å². The van der Waals surface area contributed by atoms with E-state index in [1.807, 2.05) is 0 Å². The number of rotatable bonds is 2. The van der Waals surface area contributed by atoms with Gasteiger partial charge in [-0.1, -0.05) is 32.0 Å². The summed E-state index contributed by atoms with van der Waals surface area (Å²) in [4.78, 5) is 2.30. The Morgan fingerprint density at radius 1 is 1.33 bits per heavy atom. The number of aliphatic hydroxyl groups is 1. The maximum absolute atomic E-state index is 9.10. The summed E-state index contributed by atoms with van der Waals surface area (Å²) in [5.74, 6) is 0. The molecule has 82 valence electrons. The predicted molar refractivity (Wildman–Crippen MR) is 63.4 cm³/mol. The van der Waals surface area contributed by atoms with Crippen LogP contribution in [0.5, 0.6) is 0 Å². The molecule has 0 saturated carbocycles. The molecule has 2 nitrogen and oxygen atoms in total. The fraction of sp³-hybridized carbons (Fsp3) is 0.538. The Balaban J connectivity index is 2.47. The van der Waals surface area contributed by atoms with Crippen molar-refractivity contribution >= 4 is 5.69 Å². The second-order valence-corrected chi connectivity index (χ2v) is 4.83. The third-order valence-electron chi connectivity index (χ3n) is 3.76. The highest BCUT2D eigenvalue weighted by Gasteiger charge is 2.40. The van der Waals surface area contributed by atoms with Gasteiger partial charge in [0, 0.05) is 23.7 Å². The summed E-state index contributed by atoms with van der Waals surface area (Å²) in [6, 6.07) is 8.95. The molecule has 0 saturated heterocycles. The first-order valence-electron chi connectivity index (χ1n) is 5.56. The van der Waals surface area contributed by atoms with Crippen LogP contribution >= 0.6 is 0 Å². The van der Waals surface area contributed by atoms with Gasteiger partial charge in [0.1, 0.15) is 0 Å². The van der Waals surface area contributed by atoms with E-state index in [0.717, 1.165) is 6.54 Å². The largest absolute Gasteiger partial charge is 0.395 e. The first kappa shape index (κ1) is 10.5. The van der Waals surface area contributed by atoms with Crippen LogP contribution in [0.2, 0.25) is 0 Å². The fourth-order valence-corrected chi connectivity index (χ4v) is 2.51. The molecule has 1 unspecified atom stereocenters. The molecule has 2 heteroatoms. The summed E-state index contributed by atoms with van der Waals surface area (Å²) in [7, 11) is 0. The Labute approximate surface area is 91.5 Å². The average molecular weight is 205 g/mol. The molecule has 1 aliphatic rings. The molecule has 2 rings (SSSR count). The third kappa shape index (κ3) is 1.44. The lowest BCUT2D eigenvalue weighted by molar-refractivity contribution is 0.293. The summed E-state index contributed by atoms with van der Waals surface area (Å²) in [5.41, 5.74) is 2.85. The monoisotopic (exact) mass is 205 g/mol. The van der Waals surface area contributed by atoms with E-state index in [1.165, 1.54) is 11.3 Å². The number of hydrogen-bond donors (Lipinski definition) is 1. The Kier molecular flexibility index (Phi) is 2.47. The van der Waals surface area contributed by atoms with Crippen LogP contribution in [-0.2, 0) is 5.41 Å². The van der Waals surface area contributed by atoms with Crippen molar-refractivity contribution in [2.24, 2.45) is 0 Å². The number of fused-ring (bicyclic) bond motifs is 1. The highest BCUT2D eigenvalue weighted by Crippen LogP contribution is 2.44. The number of nitrogens with zero attached hydrogens (tertiary/aromatic N) is 1. The molecule has 1 aromatic carbocycles. The van der Waals surface area contributed by atoms with Crippen molar-refractivity contribution in [1.29, 1.82) is 0 Å². The molecule has 0 amide bonds. The van der Waals surface area contributed by atoms with Crippen LogP contribution < -0.4 is 4.90 Å². The van der Waals surface area contributed by atoms with Crippen molar-refractivity contribution < 1.29 is 5.11 Å². The van der Waals surface area contributed by atoms with Crippen LogP contribution in [0.3, 0.4) is 0 Å². The molecule has 1 aromatic rings. The number of aliphatic hydroxyl groups excluding tert-OH is 1. The van der Waals surface area contributed by atoms with Gasteiger partial charge in [-0.2, -0.15) is 0 Å². The van der Waals surface area contributed by atoms with Gasteiger partial charge in [-0.25, -0.2) is 0 Å². The summed E-state index contributed by atoms with van der Waals surface area (Å²) in [6.45, 7) is 7.72. The van der Waals surface area contributed by atoms with Crippen molar-refractivity contribution in [1.82, 2.24) is 0 Å². The van der Waals surface area contributed by atoms with Gasteiger partial charge in [0.2, 0.25) is 0 Å². The highest BCUT2D eigenvalue weighted by atomic mass is 16.3. The van der Waals surface area contributed by atoms with Crippen molar-refractivity contribution in [3.05, 3.63) is 29.8 Å². The SMILES string of the molecule is CC1N(CCO)c2ccccc2C1(C)C. The second-order valence-electron chi connectivity index (χ2n) is 4.83. The van der Waals surface area contributed by atoms with Crippen LogP contribution in [0.15, 0.2) is 24.3 Å². The molecule has 0 spiro atoms. The van der Waals surface area contributed by atoms with Gasteiger partial charge in [0.15, 0.2) is 0 Å². The van der Waals surface area contributed by atoms with E-state index in [0.29, 0.717) is 6.04 Å². The number of para-hydroxylation sites is 1. The molecule has 15 heavy (non-hydrogen) atoms. The Morgan fingerprint density at radius 3 is 2.67 bits per heavy atom. The van der Waals surface area contributed by atoms with Gasteiger partial charge < -0.3 is 10.0 Å². The molecule has 0 bridgehead atoms. The summed E-state index contributed by atoms with van der Waals surface area (Å²) in [6.07, 6.45) is 0. The quantitative estimate of drug-likeness (QED) is 0.800.